The van der Waals surface area contributed by atoms with Gasteiger partial charge >= 0.3 is 0 Å². The number of aromatic nitrogens is 1. The van der Waals surface area contributed by atoms with Crippen LogP contribution in [0.3, 0.4) is 0 Å². The van der Waals surface area contributed by atoms with Crippen LogP contribution in [0.25, 0.3) is 10.9 Å². The number of benzene rings is 2. The summed E-state index contributed by atoms with van der Waals surface area (Å²) in [5.74, 6) is 0. The summed E-state index contributed by atoms with van der Waals surface area (Å²) >= 11 is 5.73. The van der Waals surface area contributed by atoms with E-state index in [1.54, 1.807) is 0 Å². The molecule has 0 radical (unpaired) electrons. The van der Waals surface area contributed by atoms with Gasteiger partial charge in [-0.05, 0) is 79.2 Å². The monoisotopic (exact) mass is 435 g/mol. The molecule has 2 aromatic carbocycles. The highest BCUT2D eigenvalue weighted by molar-refractivity contribution is 7.80. The van der Waals surface area contributed by atoms with E-state index in [9.17, 15) is 4.79 Å². The number of thiocarbonyl (C=S) groups is 1. The zero-order chi connectivity index (χ0) is 21.8. The van der Waals surface area contributed by atoms with E-state index in [2.05, 4.69) is 47.2 Å². The van der Waals surface area contributed by atoms with Crippen molar-refractivity contribution in [3.8, 4) is 0 Å². The number of ether oxygens (including phenoxy) is 1. The number of aryl methyl sites for hydroxylation is 2. The summed E-state index contributed by atoms with van der Waals surface area (Å²) in [7, 11) is 0. The van der Waals surface area contributed by atoms with Crippen LogP contribution in [0, 0.1) is 13.8 Å². The number of hydrogen-bond acceptors (Lipinski definition) is 3. The number of pyridine rings is 1. The molecule has 1 atom stereocenters. The lowest BCUT2D eigenvalue weighted by molar-refractivity contribution is 0.113. The van der Waals surface area contributed by atoms with E-state index >= 15 is 0 Å². The predicted molar refractivity (Wildman–Crippen MR) is 129 cm³/mol. The standard InChI is InChI=1S/C25H29N3O2S/c1-17-11-20-13-21(24(29)27-23(20)12-18(17)2)16-28(15-19-7-4-3-5-8-19)25(31)26-14-22-9-6-10-30-22/h3-5,7-8,11-13,22H,6,9-10,14-16H2,1-2H3,(H,26,31)(H,27,29)/t22-/m0/s1. The largest absolute Gasteiger partial charge is 0.376 e. The molecule has 3 aromatic rings. The molecule has 1 fully saturated rings. The molecule has 4 rings (SSSR count). The highest BCUT2D eigenvalue weighted by Crippen LogP contribution is 2.18. The molecular weight excluding hydrogens is 406 g/mol. The maximum Gasteiger partial charge on any atom is 0.253 e. The molecule has 1 saturated heterocycles. The van der Waals surface area contributed by atoms with E-state index in [0.29, 0.717) is 30.3 Å². The Balaban J connectivity index is 1.58. The first-order valence-electron chi connectivity index (χ1n) is 10.8. The Kier molecular flexibility index (Phi) is 6.68. The smallest absolute Gasteiger partial charge is 0.253 e. The van der Waals surface area contributed by atoms with E-state index in [4.69, 9.17) is 17.0 Å². The minimum absolute atomic E-state index is 0.0734. The second kappa shape index (κ2) is 9.62. The summed E-state index contributed by atoms with van der Waals surface area (Å²) in [4.78, 5) is 17.9. The summed E-state index contributed by atoms with van der Waals surface area (Å²) in [5.41, 5.74) is 5.02. The van der Waals surface area contributed by atoms with Gasteiger partial charge < -0.3 is 19.9 Å². The third-order valence-electron chi connectivity index (χ3n) is 5.91. The van der Waals surface area contributed by atoms with Crippen LogP contribution in [0.2, 0.25) is 0 Å². The fourth-order valence-electron chi connectivity index (χ4n) is 3.97. The number of nitrogens with one attached hydrogen (secondary N) is 2. The van der Waals surface area contributed by atoms with Crippen molar-refractivity contribution in [3.05, 3.63) is 81.1 Å². The molecule has 1 aromatic heterocycles. The first kappa shape index (κ1) is 21.5. The molecule has 2 N–H and O–H groups in total. The van der Waals surface area contributed by atoms with Crippen molar-refractivity contribution in [2.75, 3.05) is 13.2 Å². The van der Waals surface area contributed by atoms with E-state index in [0.717, 1.165) is 35.9 Å². The summed E-state index contributed by atoms with van der Waals surface area (Å²) in [6, 6.07) is 16.3. The topological polar surface area (TPSA) is 57.4 Å². The fourth-order valence-corrected chi connectivity index (χ4v) is 4.18. The predicted octanol–water partition coefficient (Wildman–Crippen LogP) is 4.20. The van der Waals surface area contributed by atoms with Gasteiger partial charge in [0.15, 0.2) is 5.11 Å². The molecule has 162 valence electrons. The molecular formula is C25H29N3O2S. The third-order valence-corrected chi connectivity index (χ3v) is 6.31. The van der Waals surface area contributed by atoms with Gasteiger partial charge in [0, 0.05) is 30.8 Å². The Morgan fingerprint density at radius 1 is 1.16 bits per heavy atom. The molecule has 2 heterocycles. The lowest BCUT2D eigenvalue weighted by Crippen LogP contribution is -2.42. The van der Waals surface area contributed by atoms with Crippen LogP contribution < -0.4 is 10.9 Å². The van der Waals surface area contributed by atoms with Crippen molar-refractivity contribution in [2.45, 2.75) is 45.9 Å². The Labute approximate surface area is 188 Å². The number of H-pyrrole nitrogens is 1. The highest BCUT2D eigenvalue weighted by atomic mass is 32.1. The number of hydrogen-bond donors (Lipinski definition) is 2. The molecule has 6 heteroatoms. The second-order valence-electron chi connectivity index (χ2n) is 8.31. The average Bonchev–Trinajstić information content (AvgIpc) is 3.28. The van der Waals surface area contributed by atoms with Crippen LogP contribution in [0.1, 0.15) is 35.1 Å². The van der Waals surface area contributed by atoms with Crippen LogP contribution in [0.5, 0.6) is 0 Å². The number of rotatable bonds is 6. The number of fused-ring (bicyclic) bond motifs is 1. The zero-order valence-corrected chi connectivity index (χ0v) is 18.9. The second-order valence-corrected chi connectivity index (χ2v) is 8.70. The SMILES string of the molecule is Cc1cc2cc(CN(Cc3ccccc3)C(=S)NC[C@@H]3CCCO3)c(=O)[nH]c2cc1C. The van der Waals surface area contributed by atoms with Gasteiger partial charge in [-0.2, -0.15) is 0 Å². The summed E-state index contributed by atoms with van der Waals surface area (Å²) < 4.78 is 5.71. The minimum atomic E-state index is -0.0734. The quantitative estimate of drug-likeness (QED) is 0.569. The van der Waals surface area contributed by atoms with Crippen molar-refractivity contribution < 1.29 is 4.74 Å². The van der Waals surface area contributed by atoms with Crippen LogP contribution in [-0.2, 0) is 17.8 Å². The fraction of sp³-hybridized carbons (Fsp3) is 0.360. The number of aromatic amines is 1. The van der Waals surface area contributed by atoms with Gasteiger partial charge in [-0.1, -0.05) is 30.3 Å². The first-order valence-corrected chi connectivity index (χ1v) is 11.2. The van der Waals surface area contributed by atoms with Crippen molar-refractivity contribution in [1.29, 1.82) is 0 Å². The molecule has 0 spiro atoms. The maximum atomic E-state index is 12.8. The van der Waals surface area contributed by atoms with Gasteiger partial charge in [0.25, 0.3) is 5.56 Å². The third kappa shape index (κ3) is 5.32. The molecule has 0 unspecified atom stereocenters. The summed E-state index contributed by atoms with van der Waals surface area (Å²) in [6.07, 6.45) is 2.35. The highest BCUT2D eigenvalue weighted by Gasteiger charge is 2.18. The van der Waals surface area contributed by atoms with Gasteiger partial charge in [-0.3, -0.25) is 4.79 Å². The molecule has 31 heavy (non-hydrogen) atoms. The molecule has 0 amide bonds. The van der Waals surface area contributed by atoms with Gasteiger partial charge in [0.1, 0.15) is 0 Å². The first-order chi connectivity index (χ1) is 15.0. The molecule has 0 saturated carbocycles. The van der Waals surface area contributed by atoms with Crippen LogP contribution in [0.4, 0.5) is 0 Å². The van der Waals surface area contributed by atoms with Crippen molar-refractivity contribution in [2.24, 2.45) is 0 Å². The lowest BCUT2D eigenvalue weighted by Gasteiger charge is -2.27. The van der Waals surface area contributed by atoms with Crippen LogP contribution >= 0.6 is 12.2 Å². The van der Waals surface area contributed by atoms with Crippen molar-refractivity contribution in [1.82, 2.24) is 15.2 Å². The Morgan fingerprint density at radius 3 is 2.68 bits per heavy atom. The van der Waals surface area contributed by atoms with E-state index in [-0.39, 0.29) is 11.7 Å². The molecule has 0 aliphatic carbocycles. The van der Waals surface area contributed by atoms with Gasteiger partial charge in [0.05, 0.1) is 12.6 Å². The average molecular weight is 436 g/mol. The van der Waals surface area contributed by atoms with E-state index in [1.165, 1.54) is 11.1 Å². The minimum Gasteiger partial charge on any atom is -0.376 e. The summed E-state index contributed by atoms with van der Waals surface area (Å²) in [6.45, 7) is 6.72. The summed E-state index contributed by atoms with van der Waals surface area (Å²) in [5, 5.41) is 5.03. The van der Waals surface area contributed by atoms with Crippen molar-refractivity contribution in [3.63, 3.8) is 0 Å². The molecule has 1 aliphatic rings. The number of nitrogens with zero attached hydrogens (tertiary/aromatic N) is 1. The Hall–Kier alpha value is -2.70. The normalized spacial score (nSPS) is 15.9. The Bertz CT molecular complexity index is 1120. The van der Waals surface area contributed by atoms with Crippen LogP contribution in [-0.4, -0.2) is 34.3 Å². The van der Waals surface area contributed by atoms with E-state index in [1.807, 2.05) is 30.3 Å². The van der Waals surface area contributed by atoms with Gasteiger partial charge in [-0.15, -0.1) is 0 Å². The van der Waals surface area contributed by atoms with Crippen LogP contribution in [0.15, 0.2) is 53.3 Å². The Morgan fingerprint density at radius 2 is 1.94 bits per heavy atom. The van der Waals surface area contributed by atoms with Gasteiger partial charge in [0.2, 0.25) is 0 Å². The lowest BCUT2D eigenvalue weighted by atomic mass is 10.0. The molecule has 1 aliphatic heterocycles. The van der Waals surface area contributed by atoms with Gasteiger partial charge in [-0.25, -0.2) is 0 Å². The zero-order valence-electron chi connectivity index (χ0n) is 18.1. The maximum absolute atomic E-state index is 12.8. The molecule has 5 nitrogen and oxygen atoms in total. The van der Waals surface area contributed by atoms with Crippen molar-refractivity contribution >= 4 is 28.2 Å². The van der Waals surface area contributed by atoms with E-state index < -0.39 is 0 Å². The molecule has 0 bridgehead atoms.